The smallest absolute Gasteiger partial charge is 0.222 e. The Kier molecular flexibility index (Phi) is 6.53. The maximum atomic E-state index is 5.63. The Bertz CT molecular complexity index is 1130. The van der Waals surface area contributed by atoms with E-state index < -0.39 is 0 Å². The summed E-state index contributed by atoms with van der Waals surface area (Å²) in [5.41, 5.74) is 6.74. The van der Waals surface area contributed by atoms with Gasteiger partial charge in [0, 0.05) is 25.3 Å². The lowest BCUT2D eigenvalue weighted by molar-refractivity contribution is 0.0439. The first-order chi connectivity index (χ1) is 15.4. The molecule has 0 saturated carbocycles. The Hall–Kier alpha value is -2.84. The number of pyridine rings is 1. The minimum atomic E-state index is 0.315. The highest BCUT2D eigenvalue weighted by Crippen LogP contribution is 2.33. The monoisotopic (exact) mass is 436 g/mol. The van der Waals surface area contributed by atoms with Gasteiger partial charge in [-0.2, -0.15) is 5.10 Å². The van der Waals surface area contributed by atoms with E-state index in [4.69, 9.17) is 29.5 Å². The van der Waals surface area contributed by atoms with Crippen LogP contribution in [0, 0.1) is 6.92 Å². The van der Waals surface area contributed by atoms with Crippen LogP contribution >= 0.6 is 0 Å². The summed E-state index contributed by atoms with van der Waals surface area (Å²) in [7, 11) is 1.65. The standard InChI is InChI=1S/C24H32N6O2/c1-7-19-22(18-8-9-20(15(2)3)26-24(18)31-6)27-21-17(5)28-30(23(21)25-19)16(4)14-29-10-12-32-13-11-29/h8-9,15H,4,7,10-14H2,1-3,5-6H3. The lowest BCUT2D eigenvalue weighted by atomic mass is 10.1. The second-order valence-corrected chi connectivity index (χ2v) is 8.44. The van der Waals surface area contributed by atoms with Crippen molar-refractivity contribution in [1.82, 2.24) is 29.6 Å². The predicted octanol–water partition coefficient (Wildman–Crippen LogP) is 3.69. The van der Waals surface area contributed by atoms with E-state index in [2.05, 4.69) is 32.3 Å². The molecule has 1 saturated heterocycles. The van der Waals surface area contributed by atoms with Crippen LogP contribution in [-0.4, -0.2) is 69.6 Å². The van der Waals surface area contributed by atoms with E-state index in [9.17, 15) is 0 Å². The lowest BCUT2D eigenvalue weighted by Gasteiger charge is -2.27. The number of fused-ring (bicyclic) bond motifs is 1. The summed E-state index contributed by atoms with van der Waals surface area (Å²) in [6.07, 6.45) is 0.730. The van der Waals surface area contributed by atoms with Gasteiger partial charge in [0.15, 0.2) is 5.65 Å². The van der Waals surface area contributed by atoms with Crippen LogP contribution in [0.3, 0.4) is 0 Å². The van der Waals surface area contributed by atoms with Crippen molar-refractivity contribution in [2.24, 2.45) is 0 Å². The number of hydrogen-bond acceptors (Lipinski definition) is 7. The summed E-state index contributed by atoms with van der Waals surface area (Å²) in [4.78, 5) is 17.0. The van der Waals surface area contributed by atoms with Crippen LogP contribution in [0.25, 0.3) is 28.1 Å². The zero-order chi connectivity index (χ0) is 22.8. The maximum absolute atomic E-state index is 5.63. The minimum absolute atomic E-state index is 0.315. The molecule has 0 N–H and O–H groups in total. The largest absolute Gasteiger partial charge is 0.480 e. The van der Waals surface area contributed by atoms with Gasteiger partial charge in [-0.3, -0.25) is 4.90 Å². The van der Waals surface area contributed by atoms with Crippen LogP contribution in [0.2, 0.25) is 0 Å². The summed E-state index contributed by atoms with van der Waals surface area (Å²) < 4.78 is 12.9. The van der Waals surface area contributed by atoms with Crippen LogP contribution in [0.1, 0.15) is 43.8 Å². The minimum Gasteiger partial charge on any atom is -0.480 e. The Morgan fingerprint density at radius 2 is 1.94 bits per heavy atom. The number of rotatable bonds is 7. The molecular weight excluding hydrogens is 404 g/mol. The van der Waals surface area contributed by atoms with Crippen molar-refractivity contribution in [1.29, 1.82) is 0 Å². The fraction of sp³-hybridized carbons (Fsp3) is 0.500. The van der Waals surface area contributed by atoms with Gasteiger partial charge in [0.05, 0.1) is 48.7 Å². The van der Waals surface area contributed by atoms with Crippen LogP contribution in [-0.2, 0) is 11.2 Å². The molecule has 4 rings (SSSR count). The van der Waals surface area contributed by atoms with Gasteiger partial charge in [-0.25, -0.2) is 19.6 Å². The number of ether oxygens (including phenoxy) is 2. The van der Waals surface area contributed by atoms with Crippen molar-refractivity contribution in [3.8, 4) is 17.1 Å². The molecule has 0 atom stereocenters. The fourth-order valence-corrected chi connectivity index (χ4v) is 3.97. The van der Waals surface area contributed by atoms with E-state index in [0.29, 0.717) is 11.8 Å². The molecule has 0 unspecified atom stereocenters. The van der Waals surface area contributed by atoms with Gasteiger partial charge in [0.25, 0.3) is 0 Å². The predicted molar refractivity (Wildman–Crippen MR) is 126 cm³/mol. The molecule has 1 fully saturated rings. The molecule has 1 aliphatic rings. The van der Waals surface area contributed by atoms with Crippen molar-refractivity contribution >= 4 is 16.9 Å². The molecule has 170 valence electrons. The Morgan fingerprint density at radius 3 is 2.59 bits per heavy atom. The lowest BCUT2D eigenvalue weighted by Crippen LogP contribution is -2.37. The number of aryl methyl sites for hydroxylation is 2. The van der Waals surface area contributed by atoms with Gasteiger partial charge in [0.1, 0.15) is 5.52 Å². The highest BCUT2D eigenvalue weighted by molar-refractivity contribution is 5.81. The van der Waals surface area contributed by atoms with Crippen LogP contribution in [0.4, 0.5) is 0 Å². The molecule has 0 amide bonds. The van der Waals surface area contributed by atoms with Crippen molar-refractivity contribution in [2.75, 3.05) is 40.0 Å². The topological polar surface area (TPSA) is 78.2 Å². The van der Waals surface area contributed by atoms with Crippen molar-refractivity contribution in [2.45, 2.75) is 40.0 Å². The van der Waals surface area contributed by atoms with Gasteiger partial charge < -0.3 is 9.47 Å². The highest BCUT2D eigenvalue weighted by Gasteiger charge is 2.21. The van der Waals surface area contributed by atoms with Crippen molar-refractivity contribution < 1.29 is 9.47 Å². The molecule has 3 aromatic rings. The average molecular weight is 437 g/mol. The summed E-state index contributed by atoms with van der Waals surface area (Å²) in [6, 6.07) is 4.07. The number of nitrogens with zero attached hydrogens (tertiary/aromatic N) is 6. The van der Waals surface area contributed by atoms with E-state index in [1.54, 1.807) is 7.11 Å². The third-order valence-electron chi connectivity index (χ3n) is 5.81. The summed E-state index contributed by atoms with van der Waals surface area (Å²) in [6.45, 7) is 16.6. The zero-order valence-electron chi connectivity index (χ0n) is 19.7. The van der Waals surface area contributed by atoms with Crippen molar-refractivity contribution in [3.63, 3.8) is 0 Å². The van der Waals surface area contributed by atoms with E-state index in [0.717, 1.165) is 84.5 Å². The Morgan fingerprint density at radius 1 is 1.19 bits per heavy atom. The van der Waals surface area contributed by atoms with E-state index in [1.165, 1.54) is 0 Å². The fourth-order valence-electron chi connectivity index (χ4n) is 3.97. The Balaban J connectivity index is 1.77. The number of aromatic nitrogens is 5. The zero-order valence-corrected chi connectivity index (χ0v) is 19.7. The summed E-state index contributed by atoms with van der Waals surface area (Å²) in [5.74, 6) is 0.886. The number of hydrogen-bond donors (Lipinski definition) is 0. The van der Waals surface area contributed by atoms with Gasteiger partial charge in [-0.05, 0) is 31.4 Å². The quantitative estimate of drug-likeness (QED) is 0.559. The molecular formula is C24H32N6O2. The molecule has 0 bridgehead atoms. The molecule has 0 aromatic carbocycles. The molecule has 32 heavy (non-hydrogen) atoms. The molecule has 3 aromatic heterocycles. The highest BCUT2D eigenvalue weighted by atomic mass is 16.5. The normalized spacial score (nSPS) is 14.9. The van der Waals surface area contributed by atoms with Gasteiger partial charge in [-0.15, -0.1) is 0 Å². The van der Waals surface area contributed by atoms with E-state index >= 15 is 0 Å². The SMILES string of the molecule is C=C(CN1CCOCC1)n1nc(C)c2nc(-c3ccc(C(C)C)nc3OC)c(CC)nc21. The molecule has 8 heteroatoms. The van der Waals surface area contributed by atoms with Crippen LogP contribution in [0.5, 0.6) is 5.88 Å². The average Bonchev–Trinajstić information content (AvgIpc) is 3.14. The van der Waals surface area contributed by atoms with E-state index in [1.807, 2.05) is 23.7 Å². The third-order valence-corrected chi connectivity index (χ3v) is 5.81. The van der Waals surface area contributed by atoms with Crippen LogP contribution < -0.4 is 4.74 Å². The number of methoxy groups -OCH3 is 1. The first-order valence-corrected chi connectivity index (χ1v) is 11.2. The second-order valence-electron chi connectivity index (χ2n) is 8.44. The Labute approximate surface area is 189 Å². The first-order valence-electron chi connectivity index (χ1n) is 11.2. The summed E-state index contributed by atoms with van der Waals surface area (Å²) >= 11 is 0. The van der Waals surface area contributed by atoms with Gasteiger partial charge in [0.2, 0.25) is 5.88 Å². The first kappa shape index (κ1) is 22.4. The summed E-state index contributed by atoms with van der Waals surface area (Å²) in [5, 5.41) is 4.73. The number of morpholine rings is 1. The molecule has 0 aliphatic carbocycles. The van der Waals surface area contributed by atoms with Crippen LogP contribution in [0.15, 0.2) is 18.7 Å². The molecule has 4 heterocycles. The maximum Gasteiger partial charge on any atom is 0.222 e. The molecule has 8 nitrogen and oxygen atoms in total. The van der Waals surface area contributed by atoms with Gasteiger partial charge >= 0.3 is 0 Å². The van der Waals surface area contributed by atoms with Crippen molar-refractivity contribution in [3.05, 3.63) is 35.8 Å². The molecule has 0 spiro atoms. The molecule has 1 aliphatic heterocycles. The molecule has 0 radical (unpaired) electrons. The van der Waals surface area contributed by atoms with Gasteiger partial charge in [-0.1, -0.05) is 27.4 Å². The second kappa shape index (κ2) is 9.34. The van der Waals surface area contributed by atoms with E-state index in [-0.39, 0.29) is 0 Å². The third kappa shape index (κ3) is 4.25.